The first-order valence-electron chi connectivity index (χ1n) is 5.64. The van der Waals surface area contributed by atoms with E-state index in [1.54, 1.807) is 11.8 Å². The average Bonchev–Trinajstić information content (AvgIpc) is 2.28. The molecule has 88 valence electrons. The molecule has 0 radical (unpaired) electrons. The maximum absolute atomic E-state index is 5.39. The molecular formula is C13H19NS2. The molecule has 0 aliphatic rings. The Morgan fingerprint density at radius 1 is 1.31 bits per heavy atom. The summed E-state index contributed by atoms with van der Waals surface area (Å²) in [7, 11) is 0. The third-order valence-corrected chi connectivity index (χ3v) is 4.06. The number of thiocarbonyl (C=S) groups is 1. The molecule has 0 saturated carbocycles. The van der Waals surface area contributed by atoms with Crippen LogP contribution in [0.1, 0.15) is 25.0 Å². The van der Waals surface area contributed by atoms with Crippen molar-refractivity contribution in [2.24, 2.45) is 0 Å². The van der Waals surface area contributed by atoms with E-state index in [1.807, 2.05) is 0 Å². The maximum Gasteiger partial charge on any atom is 0.136 e. The van der Waals surface area contributed by atoms with Crippen LogP contribution in [0, 0.1) is 6.92 Å². The van der Waals surface area contributed by atoms with Crippen LogP contribution in [0.2, 0.25) is 0 Å². The normalized spacial score (nSPS) is 10.2. The molecule has 1 rings (SSSR count). The minimum Gasteiger partial charge on any atom is -0.358 e. The highest BCUT2D eigenvalue weighted by molar-refractivity contribution is 8.22. The molecule has 0 fully saturated rings. The summed E-state index contributed by atoms with van der Waals surface area (Å²) in [6.07, 6.45) is 0. The Bertz CT molecular complexity index is 346. The summed E-state index contributed by atoms with van der Waals surface area (Å²) in [6, 6.07) is 8.60. The van der Waals surface area contributed by atoms with E-state index in [-0.39, 0.29) is 0 Å². The van der Waals surface area contributed by atoms with Gasteiger partial charge in [0.25, 0.3) is 0 Å². The first kappa shape index (κ1) is 13.5. The molecule has 1 aromatic carbocycles. The van der Waals surface area contributed by atoms with Crippen LogP contribution in [-0.2, 0) is 5.75 Å². The number of rotatable bonds is 4. The van der Waals surface area contributed by atoms with Crippen molar-refractivity contribution < 1.29 is 0 Å². The van der Waals surface area contributed by atoms with Crippen LogP contribution in [0.15, 0.2) is 24.3 Å². The van der Waals surface area contributed by atoms with E-state index in [9.17, 15) is 0 Å². The summed E-state index contributed by atoms with van der Waals surface area (Å²) in [5.74, 6) is 0.969. The van der Waals surface area contributed by atoms with Crippen molar-refractivity contribution in [3.63, 3.8) is 0 Å². The van der Waals surface area contributed by atoms with E-state index in [4.69, 9.17) is 12.2 Å². The van der Waals surface area contributed by atoms with Crippen LogP contribution in [-0.4, -0.2) is 22.3 Å². The zero-order valence-electron chi connectivity index (χ0n) is 10.2. The van der Waals surface area contributed by atoms with Gasteiger partial charge in [-0.05, 0) is 26.3 Å². The third kappa shape index (κ3) is 4.14. The lowest BCUT2D eigenvalue weighted by molar-refractivity contribution is 0.482. The number of thioether (sulfide) groups is 1. The minimum absolute atomic E-state index is 0.969. The second-order valence-corrected chi connectivity index (χ2v) is 5.33. The van der Waals surface area contributed by atoms with Crippen LogP contribution >= 0.6 is 24.0 Å². The van der Waals surface area contributed by atoms with Crippen LogP contribution in [0.5, 0.6) is 0 Å². The van der Waals surface area contributed by atoms with Crippen molar-refractivity contribution in [1.82, 2.24) is 4.90 Å². The van der Waals surface area contributed by atoms with E-state index in [0.717, 1.165) is 23.2 Å². The van der Waals surface area contributed by atoms with Gasteiger partial charge in [-0.1, -0.05) is 53.8 Å². The lowest BCUT2D eigenvalue weighted by atomic mass is 10.2. The molecule has 16 heavy (non-hydrogen) atoms. The van der Waals surface area contributed by atoms with Gasteiger partial charge in [0, 0.05) is 18.8 Å². The molecule has 0 aliphatic carbocycles. The summed E-state index contributed by atoms with van der Waals surface area (Å²) in [5, 5.41) is 0. The van der Waals surface area contributed by atoms with Crippen molar-refractivity contribution in [3.8, 4) is 0 Å². The van der Waals surface area contributed by atoms with Crippen LogP contribution in [0.3, 0.4) is 0 Å². The standard InChI is InChI=1S/C13H19NS2/c1-4-14(5-2)13(15)16-10-12-8-6-7-11(3)9-12/h6-9H,4-5,10H2,1-3H3. The number of benzene rings is 1. The zero-order valence-corrected chi connectivity index (χ0v) is 11.8. The van der Waals surface area contributed by atoms with Gasteiger partial charge in [-0.25, -0.2) is 0 Å². The molecular weight excluding hydrogens is 234 g/mol. The smallest absolute Gasteiger partial charge is 0.136 e. The summed E-state index contributed by atoms with van der Waals surface area (Å²) in [6.45, 7) is 8.40. The van der Waals surface area contributed by atoms with E-state index >= 15 is 0 Å². The molecule has 1 aromatic rings. The largest absolute Gasteiger partial charge is 0.358 e. The quantitative estimate of drug-likeness (QED) is 0.750. The molecule has 0 aliphatic heterocycles. The fourth-order valence-electron chi connectivity index (χ4n) is 1.52. The number of nitrogens with zero attached hydrogens (tertiary/aromatic N) is 1. The molecule has 0 bridgehead atoms. The van der Waals surface area contributed by atoms with Gasteiger partial charge >= 0.3 is 0 Å². The van der Waals surface area contributed by atoms with Gasteiger partial charge in [-0.15, -0.1) is 0 Å². The fraction of sp³-hybridized carbons (Fsp3) is 0.462. The predicted octanol–water partition coefficient (Wildman–Crippen LogP) is 3.85. The van der Waals surface area contributed by atoms with Gasteiger partial charge in [-0.2, -0.15) is 0 Å². The fourth-order valence-corrected chi connectivity index (χ4v) is 2.87. The lowest BCUT2D eigenvalue weighted by Gasteiger charge is -2.20. The molecule has 0 N–H and O–H groups in total. The first-order chi connectivity index (χ1) is 7.67. The number of aryl methyl sites for hydroxylation is 1. The van der Waals surface area contributed by atoms with Crippen molar-refractivity contribution in [2.75, 3.05) is 13.1 Å². The molecule has 0 saturated heterocycles. The average molecular weight is 253 g/mol. The zero-order chi connectivity index (χ0) is 12.0. The van der Waals surface area contributed by atoms with Gasteiger partial charge in [0.1, 0.15) is 4.32 Å². The molecule has 1 nitrogen and oxygen atoms in total. The van der Waals surface area contributed by atoms with E-state index in [2.05, 4.69) is 49.9 Å². The van der Waals surface area contributed by atoms with E-state index < -0.39 is 0 Å². The number of hydrogen-bond acceptors (Lipinski definition) is 2. The van der Waals surface area contributed by atoms with E-state index in [1.165, 1.54) is 11.1 Å². The van der Waals surface area contributed by atoms with Gasteiger partial charge in [0.15, 0.2) is 0 Å². The predicted molar refractivity (Wildman–Crippen MR) is 78.0 cm³/mol. The van der Waals surface area contributed by atoms with Gasteiger partial charge < -0.3 is 4.90 Å². The molecule has 3 heteroatoms. The van der Waals surface area contributed by atoms with Crippen molar-refractivity contribution in [1.29, 1.82) is 0 Å². The van der Waals surface area contributed by atoms with Crippen LogP contribution in [0.25, 0.3) is 0 Å². The highest BCUT2D eigenvalue weighted by atomic mass is 32.2. The third-order valence-electron chi connectivity index (χ3n) is 2.47. The van der Waals surface area contributed by atoms with Crippen molar-refractivity contribution >= 4 is 28.3 Å². The summed E-state index contributed by atoms with van der Waals surface area (Å²) in [5.41, 5.74) is 2.66. The summed E-state index contributed by atoms with van der Waals surface area (Å²) < 4.78 is 1.01. The molecule has 0 atom stereocenters. The Kier molecular flexibility index (Phi) is 5.85. The van der Waals surface area contributed by atoms with E-state index in [0.29, 0.717) is 0 Å². The SMILES string of the molecule is CCN(CC)C(=S)SCc1cccc(C)c1. The molecule has 0 unspecified atom stereocenters. The van der Waals surface area contributed by atoms with Crippen LogP contribution in [0.4, 0.5) is 0 Å². The molecule has 0 aromatic heterocycles. The summed E-state index contributed by atoms with van der Waals surface area (Å²) >= 11 is 7.15. The van der Waals surface area contributed by atoms with Gasteiger partial charge in [-0.3, -0.25) is 0 Å². The first-order valence-corrected chi connectivity index (χ1v) is 7.04. The highest BCUT2D eigenvalue weighted by Crippen LogP contribution is 2.17. The minimum atomic E-state index is 0.969. The Labute approximate surface area is 108 Å². The Morgan fingerprint density at radius 3 is 2.56 bits per heavy atom. The lowest BCUT2D eigenvalue weighted by Crippen LogP contribution is -2.26. The highest BCUT2D eigenvalue weighted by Gasteiger charge is 2.05. The number of hydrogen-bond donors (Lipinski definition) is 0. The van der Waals surface area contributed by atoms with Crippen molar-refractivity contribution in [3.05, 3.63) is 35.4 Å². The molecule has 0 heterocycles. The monoisotopic (exact) mass is 253 g/mol. The second kappa shape index (κ2) is 6.92. The van der Waals surface area contributed by atoms with Crippen LogP contribution < -0.4 is 0 Å². The Hall–Kier alpha value is -0.540. The second-order valence-electron chi connectivity index (χ2n) is 3.72. The van der Waals surface area contributed by atoms with Gasteiger partial charge in [0.05, 0.1) is 0 Å². The Morgan fingerprint density at radius 2 is 2.00 bits per heavy atom. The Balaban J connectivity index is 2.48. The maximum atomic E-state index is 5.39. The topological polar surface area (TPSA) is 3.24 Å². The summed E-state index contributed by atoms with van der Waals surface area (Å²) in [4.78, 5) is 2.22. The molecule has 0 spiro atoms. The van der Waals surface area contributed by atoms with Gasteiger partial charge in [0.2, 0.25) is 0 Å². The molecule has 0 amide bonds. The van der Waals surface area contributed by atoms with Crippen molar-refractivity contribution in [2.45, 2.75) is 26.5 Å².